The predicted molar refractivity (Wildman–Crippen MR) is 64.2 cm³/mol. The van der Waals surface area contributed by atoms with Crippen molar-refractivity contribution in [3.05, 3.63) is 23.8 Å². The lowest BCUT2D eigenvalue weighted by Crippen LogP contribution is -2.05. The highest BCUT2D eigenvalue weighted by Crippen LogP contribution is 2.23. The van der Waals surface area contributed by atoms with Crippen molar-refractivity contribution >= 4 is 0 Å². The van der Waals surface area contributed by atoms with Crippen molar-refractivity contribution in [2.75, 3.05) is 14.2 Å². The van der Waals surface area contributed by atoms with Gasteiger partial charge in [-0.25, -0.2) is 0 Å². The number of aliphatic hydroxyl groups excluding tert-OH is 1. The van der Waals surface area contributed by atoms with Crippen LogP contribution in [0.4, 0.5) is 0 Å². The van der Waals surface area contributed by atoms with Gasteiger partial charge in [0.1, 0.15) is 11.5 Å². The van der Waals surface area contributed by atoms with Crippen LogP contribution in [0.2, 0.25) is 0 Å². The minimum absolute atomic E-state index is 0.0122. The zero-order valence-corrected chi connectivity index (χ0v) is 9.49. The Labute approximate surface area is 104 Å². The number of aryl methyl sites for hydroxylation is 1. The molecule has 90 valence electrons. The average molecular weight is 229 g/mol. The second kappa shape index (κ2) is 6.38. The molecular weight excluding hydrogens is 204 g/mol. The smallest absolute Gasteiger partial charge is 0.122 e. The molecule has 3 nitrogen and oxygen atoms in total. The Morgan fingerprint density at radius 2 is 1.94 bits per heavy atom. The largest absolute Gasteiger partial charge is 0.497 e. The first-order valence-corrected chi connectivity index (χ1v) is 5.02. The molecule has 0 aliphatic carbocycles. The van der Waals surface area contributed by atoms with E-state index in [4.69, 9.17) is 16.3 Å². The number of rotatable bonds is 6. The van der Waals surface area contributed by atoms with Crippen LogP contribution in [0.5, 0.6) is 11.5 Å². The lowest BCUT2D eigenvalue weighted by molar-refractivity contribution is 0.160. The predicted octanol–water partition coefficient (Wildman–Crippen LogP) is 2.41. The Morgan fingerprint density at radius 1 is 1.31 bits per heavy atom. The monoisotopic (exact) mass is 229 g/mol. The van der Waals surface area contributed by atoms with E-state index >= 15 is 0 Å². The lowest BCUT2D eigenvalue weighted by Gasteiger charge is -2.10. The van der Waals surface area contributed by atoms with E-state index in [1.54, 1.807) is 18.2 Å². The summed E-state index contributed by atoms with van der Waals surface area (Å²) in [6, 6.07) is 5.17. The topological polar surface area (TPSA) is 38.7 Å². The summed E-state index contributed by atoms with van der Waals surface area (Å²) in [7, 11) is 3.03. The van der Waals surface area contributed by atoms with Crippen LogP contribution in [-0.4, -0.2) is 25.4 Å². The van der Waals surface area contributed by atoms with E-state index in [0.29, 0.717) is 17.9 Å². The van der Waals surface area contributed by atoms with Gasteiger partial charge in [-0.2, -0.15) is 0 Å². The van der Waals surface area contributed by atoms with Crippen molar-refractivity contribution < 1.29 is 21.4 Å². The molecule has 1 unspecified atom stereocenters. The van der Waals surface area contributed by atoms with E-state index in [1.807, 2.05) is 0 Å². The summed E-state index contributed by atoms with van der Waals surface area (Å²) in [5, 5.41) is 9.83. The molecule has 0 fully saturated rings. The average Bonchev–Trinajstić information content (AvgIpc) is 2.42. The highest BCUT2D eigenvalue weighted by atomic mass is 16.5. The first-order chi connectivity index (χ1) is 9.61. The van der Waals surface area contributed by atoms with Crippen LogP contribution >= 0.6 is 0 Å². The van der Waals surface area contributed by atoms with Gasteiger partial charge in [-0.3, -0.25) is 0 Å². The number of benzene rings is 1. The van der Waals surface area contributed by atoms with E-state index in [2.05, 4.69) is 0 Å². The number of ether oxygens (including phenoxy) is 2. The van der Waals surface area contributed by atoms with Gasteiger partial charge in [-0.05, 0) is 36.9 Å². The summed E-state index contributed by atoms with van der Waals surface area (Å²) in [4.78, 5) is 0. The molecule has 0 saturated heterocycles. The molecule has 0 aromatic heterocycles. The van der Waals surface area contributed by atoms with Gasteiger partial charge in [0.15, 0.2) is 0 Å². The normalized spacial score (nSPS) is 18.6. The molecule has 0 bridgehead atoms. The molecule has 0 heterocycles. The van der Waals surface area contributed by atoms with Crippen LogP contribution in [0, 0.1) is 0 Å². The molecular formula is C13H20O3. The Kier molecular flexibility index (Phi) is 2.86. The summed E-state index contributed by atoms with van der Waals surface area (Å²) < 4.78 is 46.7. The molecule has 1 N–H and O–H groups in total. The molecule has 1 atom stereocenters. The molecule has 1 aromatic rings. The number of hydrogen-bond acceptors (Lipinski definition) is 3. The molecule has 16 heavy (non-hydrogen) atoms. The standard InChI is InChI=1S/C13H20O3/c1-4-11(14)6-5-10-7-12(15-2)9-13(8-10)16-3/h7-9,11,14H,4-6H2,1-3H3/i1D3,4D2. The Hall–Kier alpha value is -1.22. The van der Waals surface area contributed by atoms with Gasteiger partial charge in [0, 0.05) is 12.9 Å². The second-order valence-corrected chi connectivity index (χ2v) is 3.42. The molecule has 0 saturated carbocycles. The van der Waals surface area contributed by atoms with Gasteiger partial charge in [-0.15, -0.1) is 0 Å². The second-order valence-electron chi connectivity index (χ2n) is 3.42. The maximum Gasteiger partial charge on any atom is 0.122 e. The molecule has 3 heteroatoms. The highest BCUT2D eigenvalue weighted by molar-refractivity contribution is 5.38. The minimum atomic E-state index is -2.86. The van der Waals surface area contributed by atoms with Gasteiger partial charge >= 0.3 is 0 Å². The summed E-state index contributed by atoms with van der Waals surface area (Å²) >= 11 is 0. The van der Waals surface area contributed by atoms with Crippen LogP contribution in [-0.2, 0) is 6.42 Å². The van der Waals surface area contributed by atoms with Crippen molar-refractivity contribution in [3.63, 3.8) is 0 Å². The van der Waals surface area contributed by atoms with Crippen LogP contribution in [0.15, 0.2) is 18.2 Å². The fraction of sp³-hybridized carbons (Fsp3) is 0.538. The van der Waals surface area contributed by atoms with E-state index in [-0.39, 0.29) is 6.42 Å². The molecule has 1 aromatic carbocycles. The van der Waals surface area contributed by atoms with Gasteiger partial charge in [0.2, 0.25) is 0 Å². The van der Waals surface area contributed by atoms with E-state index in [0.717, 1.165) is 5.56 Å². The third-order valence-corrected chi connectivity index (χ3v) is 2.28. The van der Waals surface area contributed by atoms with Gasteiger partial charge < -0.3 is 14.6 Å². The van der Waals surface area contributed by atoms with E-state index in [9.17, 15) is 5.11 Å². The minimum Gasteiger partial charge on any atom is -0.497 e. The highest BCUT2D eigenvalue weighted by Gasteiger charge is 2.05. The van der Waals surface area contributed by atoms with Crippen molar-refractivity contribution in [3.8, 4) is 11.5 Å². The van der Waals surface area contributed by atoms with Crippen molar-refractivity contribution in [2.24, 2.45) is 0 Å². The fourth-order valence-electron chi connectivity index (χ4n) is 1.39. The Morgan fingerprint density at radius 3 is 2.44 bits per heavy atom. The maximum atomic E-state index is 9.83. The Balaban J connectivity index is 2.79. The number of hydrogen-bond donors (Lipinski definition) is 1. The van der Waals surface area contributed by atoms with E-state index in [1.165, 1.54) is 14.2 Å². The van der Waals surface area contributed by atoms with Crippen LogP contribution < -0.4 is 9.47 Å². The summed E-state index contributed by atoms with van der Waals surface area (Å²) in [5.74, 6) is 1.16. The van der Waals surface area contributed by atoms with Gasteiger partial charge in [0.25, 0.3) is 0 Å². The third-order valence-electron chi connectivity index (χ3n) is 2.28. The van der Waals surface area contributed by atoms with Crippen LogP contribution in [0.3, 0.4) is 0 Å². The van der Waals surface area contributed by atoms with E-state index < -0.39 is 19.3 Å². The molecule has 0 amide bonds. The number of methoxy groups -OCH3 is 2. The van der Waals surface area contributed by atoms with Crippen molar-refractivity contribution in [1.29, 1.82) is 0 Å². The molecule has 0 aliphatic rings. The third kappa shape index (κ3) is 3.74. The molecule has 1 rings (SSSR count). The Bertz CT molecular complexity index is 451. The van der Waals surface area contributed by atoms with Crippen LogP contribution in [0.1, 0.15) is 32.1 Å². The summed E-state index contributed by atoms with van der Waals surface area (Å²) in [6.07, 6.45) is -3.93. The van der Waals surface area contributed by atoms with Crippen molar-refractivity contribution in [1.82, 2.24) is 0 Å². The lowest BCUT2D eigenvalue weighted by atomic mass is 10.0. The summed E-state index contributed by atoms with van der Waals surface area (Å²) in [6.45, 7) is -2.86. The maximum absolute atomic E-state index is 9.83. The first-order valence-electron chi connectivity index (χ1n) is 7.52. The molecule has 0 radical (unpaired) electrons. The molecule has 0 spiro atoms. The molecule has 0 aliphatic heterocycles. The quantitative estimate of drug-likeness (QED) is 0.814. The SMILES string of the molecule is [2H]C([2H])([2H])C([2H])([2H])C(O)CCc1cc(OC)cc(OC)c1. The van der Waals surface area contributed by atoms with Crippen molar-refractivity contribution in [2.45, 2.75) is 32.2 Å². The van der Waals surface area contributed by atoms with Crippen LogP contribution in [0.25, 0.3) is 0 Å². The first kappa shape index (κ1) is 7.17. The zero-order valence-electron chi connectivity index (χ0n) is 14.5. The number of aliphatic hydroxyl groups is 1. The van der Waals surface area contributed by atoms with Gasteiger partial charge in [-0.1, -0.05) is 6.85 Å². The summed E-state index contributed by atoms with van der Waals surface area (Å²) in [5.41, 5.74) is 0.770. The van der Waals surface area contributed by atoms with Gasteiger partial charge in [0.05, 0.1) is 20.3 Å². The zero-order chi connectivity index (χ0) is 16.3. The fourth-order valence-corrected chi connectivity index (χ4v) is 1.39.